The highest BCUT2D eigenvalue weighted by Crippen LogP contribution is 2.37. The van der Waals surface area contributed by atoms with Gasteiger partial charge in [-0.25, -0.2) is 4.79 Å². The minimum atomic E-state index is -1.20. The van der Waals surface area contributed by atoms with Gasteiger partial charge in [0.05, 0.1) is 0 Å². The molecule has 0 unspecified atom stereocenters. The number of carboxylic acid groups (broad SMARTS) is 1. The van der Waals surface area contributed by atoms with E-state index in [0.717, 1.165) is 18.4 Å². The summed E-state index contributed by atoms with van der Waals surface area (Å²) in [5.41, 5.74) is 1.63. The molecule has 0 aliphatic carbocycles. The second kappa shape index (κ2) is 9.11. The van der Waals surface area contributed by atoms with Gasteiger partial charge in [0.15, 0.2) is 0 Å². The third-order valence-corrected chi connectivity index (χ3v) is 4.44. The Bertz CT molecular complexity index is 722. The van der Waals surface area contributed by atoms with Crippen LogP contribution in [-0.2, 0) is 6.42 Å². The van der Waals surface area contributed by atoms with Crippen molar-refractivity contribution in [2.45, 2.75) is 51.9 Å². The molecular formula is C21H26O4. The van der Waals surface area contributed by atoms with Gasteiger partial charge < -0.3 is 15.3 Å². The summed E-state index contributed by atoms with van der Waals surface area (Å²) < 4.78 is 0. The average molecular weight is 342 g/mol. The zero-order valence-corrected chi connectivity index (χ0v) is 14.7. The second-order valence-corrected chi connectivity index (χ2v) is 6.38. The van der Waals surface area contributed by atoms with E-state index >= 15 is 0 Å². The molecule has 0 spiro atoms. The number of hydrogen-bond donors (Lipinski definition) is 3. The lowest BCUT2D eigenvalue weighted by atomic mass is 9.97. The molecule has 2 aromatic carbocycles. The third-order valence-electron chi connectivity index (χ3n) is 4.44. The summed E-state index contributed by atoms with van der Waals surface area (Å²) in [6.45, 7) is 2.20. The molecule has 25 heavy (non-hydrogen) atoms. The van der Waals surface area contributed by atoms with Gasteiger partial charge in [-0.2, -0.15) is 0 Å². The molecule has 0 atom stereocenters. The standard InChI is InChI=1S/C21H26O4/c1-2-3-4-5-6-7-9-15-12-13-16(19(22)14-15)17-10-8-11-18(20(17)23)21(24)25/h8,10-14,22-23H,2-7,9H2,1H3,(H,24,25). The van der Waals surface area contributed by atoms with E-state index in [4.69, 9.17) is 5.11 Å². The Morgan fingerprint density at radius 1 is 0.920 bits per heavy atom. The van der Waals surface area contributed by atoms with Gasteiger partial charge in [0.1, 0.15) is 17.1 Å². The number of benzene rings is 2. The molecule has 0 amide bonds. The lowest BCUT2D eigenvalue weighted by Gasteiger charge is -2.11. The monoisotopic (exact) mass is 342 g/mol. The molecule has 0 bridgehead atoms. The van der Waals surface area contributed by atoms with Crippen LogP contribution in [0, 0.1) is 0 Å². The number of unbranched alkanes of at least 4 members (excludes halogenated alkanes) is 5. The molecule has 0 saturated carbocycles. The van der Waals surface area contributed by atoms with E-state index in [2.05, 4.69) is 6.92 Å². The summed E-state index contributed by atoms with van der Waals surface area (Å²) in [7, 11) is 0. The zero-order valence-electron chi connectivity index (χ0n) is 14.7. The van der Waals surface area contributed by atoms with Crippen LogP contribution in [0.15, 0.2) is 36.4 Å². The number of carboxylic acids is 1. The molecule has 4 nitrogen and oxygen atoms in total. The molecule has 2 aromatic rings. The summed E-state index contributed by atoms with van der Waals surface area (Å²) in [6, 6.07) is 9.86. The quantitative estimate of drug-likeness (QED) is 0.536. The van der Waals surface area contributed by atoms with E-state index in [0.29, 0.717) is 11.1 Å². The number of aryl methyl sites for hydroxylation is 1. The van der Waals surface area contributed by atoms with Crippen molar-refractivity contribution < 1.29 is 20.1 Å². The molecule has 2 rings (SSSR count). The first kappa shape index (κ1) is 18.8. The predicted molar refractivity (Wildman–Crippen MR) is 99.2 cm³/mol. The van der Waals surface area contributed by atoms with Crippen molar-refractivity contribution >= 4 is 5.97 Å². The van der Waals surface area contributed by atoms with Crippen molar-refractivity contribution in [1.82, 2.24) is 0 Å². The van der Waals surface area contributed by atoms with Gasteiger partial charge in [-0.3, -0.25) is 0 Å². The topological polar surface area (TPSA) is 77.8 Å². The fraction of sp³-hybridized carbons (Fsp3) is 0.381. The number of phenolic OH excluding ortho intramolecular Hbond substituents is 1. The van der Waals surface area contributed by atoms with Gasteiger partial charge in [0, 0.05) is 11.1 Å². The molecule has 134 valence electrons. The van der Waals surface area contributed by atoms with Crippen LogP contribution in [0.5, 0.6) is 11.5 Å². The van der Waals surface area contributed by atoms with E-state index in [1.807, 2.05) is 6.07 Å². The highest BCUT2D eigenvalue weighted by atomic mass is 16.4. The highest BCUT2D eigenvalue weighted by molar-refractivity contribution is 5.94. The predicted octanol–water partition coefficient (Wildman–Crippen LogP) is 5.37. The molecule has 3 N–H and O–H groups in total. The number of hydrogen-bond acceptors (Lipinski definition) is 3. The Kier molecular flexibility index (Phi) is 6.87. The van der Waals surface area contributed by atoms with Crippen molar-refractivity contribution in [1.29, 1.82) is 0 Å². The molecule has 0 saturated heterocycles. The maximum atomic E-state index is 11.1. The van der Waals surface area contributed by atoms with E-state index in [9.17, 15) is 15.0 Å². The number of aromatic hydroxyl groups is 2. The number of rotatable bonds is 9. The van der Waals surface area contributed by atoms with Gasteiger partial charge in [-0.1, -0.05) is 63.3 Å². The van der Waals surface area contributed by atoms with E-state index < -0.39 is 5.97 Å². The lowest BCUT2D eigenvalue weighted by Crippen LogP contribution is -1.97. The van der Waals surface area contributed by atoms with Crippen LogP contribution >= 0.6 is 0 Å². The first-order chi connectivity index (χ1) is 12.0. The number of carbonyl (C=O) groups is 1. The zero-order chi connectivity index (χ0) is 18.2. The fourth-order valence-corrected chi connectivity index (χ4v) is 3.00. The minimum Gasteiger partial charge on any atom is -0.507 e. The maximum Gasteiger partial charge on any atom is 0.339 e. The summed E-state index contributed by atoms with van der Waals surface area (Å²) >= 11 is 0. The highest BCUT2D eigenvalue weighted by Gasteiger charge is 2.16. The Morgan fingerprint density at radius 3 is 2.32 bits per heavy atom. The van der Waals surface area contributed by atoms with E-state index in [1.54, 1.807) is 24.3 Å². The number of para-hydroxylation sites is 1. The van der Waals surface area contributed by atoms with Gasteiger partial charge in [-0.15, -0.1) is 0 Å². The second-order valence-electron chi connectivity index (χ2n) is 6.38. The lowest BCUT2D eigenvalue weighted by molar-refractivity contribution is 0.0694. The average Bonchev–Trinajstić information content (AvgIpc) is 2.58. The normalized spacial score (nSPS) is 10.8. The minimum absolute atomic E-state index is 0.0568. The first-order valence-electron chi connectivity index (χ1n) is 8.92. The van der Waals surface area contributed by atoms with Crippen LogP contribution in [-0.4, -0.2) is 21.3 Å². The van der Waals surface area contributed by atoms with Gasteiger partial charge in [-0.05, 0) is 30.5 Å². The van der Waals surface area contributed by atoms with E-state index in [1.165, 1.54) is 38.2 Å². The molecule has 0 heterocycles. The van der Waals surface area contributed by atoms with Crippen molar-refractivity contribution in [2.75, 3.05) is 0 Å². The Balaban J connectivity index is 2.07. The van der Waals surface area contributed by atoms with Gasteiger partial charge >= 0.3 is 5.97 Å². The van der Waals surface area contributed by atoms with Crippen molar-refractivity contribution in [3.63, 3.8) is 0 Å². The van der Waals surface area contributed by atoms with Crippen LogP contribution in [0.3, 0.4) is 0 Å². The number of aromatic carboxylic acids is 1. The largest absolute Gasteiger partial charge is 0.507 e. The molecule has 0 radical (unpaired) electrons. The molecule has 0 aromatic heterocycles. The van der Waals surface area contributed by atoms with Crippen molar-refractivity contribution in [3.05, 3.63) is 47.5 Å². The molecule has 0 aliphatic heterocycles. The van der Waals surface area contributed by atoms with Crippen LogP contribution < -0.4 is 0 Å². The fourth-order valence-electron chi connectivity index (χ4n) is 3.00. The van der Waals surface area contributed by atoms with Gasteiger partial charge in [0.2, 0.25) is 0 Å². The van der Waals surface area contributed by atoms with Crippen LogP contribution in [0.25, 0.3) is 11.1 Å². The summed E-state index contributed by atoms with van der Waals surface area (Å²) in [4.78, 5) is 11.1. The first-order valence-corrected chi connectivity index (χ1v) is 8.92. The van der Waals surface area contributed by atoms with Crippen LogP contribution in [0.1, 0.15) is 61.4 Å². The molecule has 4 heteroatoms. The van der Waals surface area contributed by atoms with Crippen LogP contribution in [0.4, 0.5) is 0 Å². The summed E-state index contributed by atoms with van der Waals surface area (Å²) in [5.74, 6) is -1.46. The molecular weight excluding hydrogens is 316 g/mol. The Hall–Kier alpha value is -2.49. The van der Waals surface area contributed by atoms with Crippen LogP contribution in [0.2, 0.25) is 0 Å². The molecule has 0 fully saturated rings. The van der Waals surface area contributed by atoms with Gasteiger partial charge in [0.25, 0.3) is 0 Å². The maximum absolute atomic E-state index is 11.1. The third kappa shape index (κ3) is 4.99. The molecule has 0 aliphatic rings. The van der Waals surface area contributed by atoms with E-state index in [-0.39, 0.29) is 17.1 Å². The van der Waals surface area contributed by atoms with Crippen molar-refractivity contribution in [2.24, 2.45) is 0 Å². The Morgan fingerprint density at radius 2 is 1.64 bits per heavy atom. The summed E-state index contributed by atoms with van der Waals surface area (Å²) in [6.07, 6.45) is 8.22. The SMILES string of the molecule is CCCCCCCCc1ccc(-c2cccc(C(=O)O)c2O)c(O)c1. The Labute approximate surface area is 148 Å². The summed E-state index contributed by atoms with van der Waals surface area (Å²) in [5, 5.41) is 29.6. The smallest absolute Gasteiger partial charge is 0.339 e. The number of phenols is 2. The van der Waals surface area contributed by atoms with Crippen molar-refractivity contribution in [3.8, 4) is 22.6 Å².